The molecular formula is C11H19N5OS. The zero-order chi connectivity index (χ0) is 13.8. The van der Waals surface area contributed by atoms with Crippen molar-refractivity contribution in [3.05, 3.63) is 10.5 Å². The normalized spacial score (nSPS) is 15.9. The molecule has 7 heteroatoms. The van der Waals surface area contributed by atoms with Crippen LogP contribution in [0.4, 0.5) is 0 Å². The minimum absolute atomic E-state index is 0.116. The summed E-state index contributed by atoms with van der Waals surface area (Å²) in [6, 6.07) is 2.07. The Hall–Kier alpha value is -1.26. The summed E-state index contributed by atoms with van der Waals surface area (Å²) in [6.07, 6.45) is 1.41. The molecule has 0 saturated carbocycles. The first-order valence-electron chi connectivity index (χ1n) is 5.91. The minimum atomic E-state index is -0.849. The Labute approximate surface area is 111 Å². The van der Waals surface area contributed by atoms with E-state index < -0.39 is 5.54 Å². The van der Waals surface area contributed by atoms with Crippen molar-refractivity contribution in [3.63, 3.8) is 0 Å². The molecule has 1 heterocycles. The number of nitriles is 1. The molecule has 0 bridgehead atoms. The van der Waals surface area contributed by atoms with Gasteiger partial charge in [0.15, 0.2) is 5.16 Å². The highest BCUT2D eigenvalue weighted by Crippen LogP contribution is 2.25. The molecule has 1 aromatic heterocycles. The van der Waals surface area contributed by atoms with Gasteiger partial charge in [-0.25, -0.2) is 9.89 Å². The molecule has 0 radical (unpaired) electrons. The summed E-state index contributed by atoms with van der Waals surface area (Å²) in [5.41, 5.74) is 4.76. The molecule has 3 N–H and O–H groups in total. The molecule has 18 heavy (non-hydrogen) atoms. The monoisotopic (exact) mass is 269 g/mol. The van der Waals surface area contributed by atoms with Gasteiger partial charge < -0.3 is 5.73 Å². The molecule has 1 aromatic rings. The van der Waals surface area contributed by atoms with Crippen molar-refractivity contribution in [1.29, 1.82) is 5.26 Å². The lowest BCUT2D eigenvalue weighted by molar-refractivity contribution is 0.542. The van der Waals surface area contributed by atoms with Gasteiger partial charge in [0.2, 0.25) is 0 Å². The fourth-order valence-corrected chi connectivity index (χ4v) is 2.87. The SMILES string of the molecule is CCCn1c(SC(C)CC(C)(N)C#N)n[nH]c1=O. The Bertz CT molecular complexity index is 484. The Morgan fingerprint density at radius 3 is 2.94 bits per heavy atom. The number of aromatic nitrogens is 3. The van der Waals surface area contributed by atoms with Crippen molar-refractivity contribution in [3.8, 4) is 6.07 Å². The van der Waals surface area contributed by atoms with Gasteiger partial charge in [-0.15, -0.1) is 5.10 Å². The first-order chi connectivity index (χ1) is 8.39. The van der Waals surface area contributed by atoms with Gasteiger partial charge in [-0.3, -0.25) is 4.57 Å². The number of aromatic amines is 1. The highest BCUT2D eigenvalue weighted by molar-refractivity contribution is 7.99. The zero-order valence-corrected chi connectivity index (χ0v) is 11.8. The van der Waals surface area contributed by atoms with E-state index in [2.05, 4.69) is 16.3 Å². The van der Waals surface area contributed by atoms with E-state index in [4.69, 9.17) is 11.0 Å². The largest absolute Gasteiger partial charge is 0.343 e. The van der Waals surface area contributed by atoms with Crippen molar-refractivity contribution in [2.45, 2.75) is 56.1 Å². The van der Waals surface area contributed by atoms with Gasteiger partial charge in [-0.05, 0) is 19.8 Å². The van der Waals surface area contributed by atoms with Crippen LogP contribution < -0.4 is 11.4 Å². The fraction of sp³-hybridized carbons (Fsp3) is 0.727. The molecule has 2 atom stereocenters. The summed E-state index contributed by atoms with van der Waals surface area (Å²) in [7, 11) is 0. The summed E-state index contributed by atoms with van der Waals surface area (Å²) >= 11 is 1.46. The lowest BCUT2D eigenvalue weighted by Gasteiger charge is -2.19. The van der Waals surface area contributed by atoms with Crippen LogP contribution in [-0.4, -0.2) is 25.6 Å². The maximum Gasteiger partial charge on any atom is 0.343 e. The highest BCUT2D eigenvalue weighted by atomic mass is 32.2. The van der Waals surface area contributed by atoms with Crippen LogP contribution in [0.2, 0.25) is 0 Å². The molecule has 0 fully saturated rings. The second-order valence-corrected chi connectivity index (χ2v) is 6.03. The van der Waals surface area contributed by atoms with Crippen molar-refractivity contribution in [2.24, 2.45) is 5.73 Å². The van der Waals surface area contributed by atoms with E-state index in [1.807, 2.05) is 13.8 Å². The van der Waals surface area contributed by atoms with E-state index in [0.717, 1.165) is 6.42 Å². The molecule has 0 aliphatic carbocycles. The van der Waals surface area contributed by atoms with Crippen molar-refractivity contribution >= 4 is 11.8 Å². The highest BCUT2D eigenvalue weighted by Gasteiger charge is 2.23. The molecule has 0 aliphatic rings. The van der Waals surface area contributed by atoms with Gasteiger partial charge in [0.25, 0.3) is 0 Å². The summed E-state index contributed by atoms with van der Waals surface area (Å²) in [4.78, 5) is 11.5. The molecular weight excluding hydrogens is 250 g/mol. The summed E-state index contributed by atoms with van der Waals surface area (Å²) in [6.45, 7) is 6.32. The number of nitrogens with zero attached hydrogens (tertiary/aromatic N) is 3. The summed E-state index contributed by atoms with van der Waals surface area (Å²) < 4.78 is 1.61. The van der Waals surface area contributed by atoms with E-state index in [0.29, 0.717) is 18.1 Å². The van der Waals surface area contributed by atoms with Crippen LogP contribution in [0.3, 0.4) is 0 Å². The Morgan fingerprint density at radius 1 is 1.72 bits per heavy atom. The maximum atomic E-state index is 11.5. The van der Waals surface area contributed by atoms with Crippen LogP contribution >= 0.6 is 11.8 Å². The number of thioether (sulfide) groups is 1. The van der Waals surface area contributed by atoms with Crippen LogP contribution in [0.5, 0.6) is 0 Å². The van der Waals surface area contributed by atoms with Gasteiger partial charge in [0.05, 0.1) is 6.07 Å². The molecule has 0 aromatic carbocycles. The third kappa shape index (κ3) is 3.89. The van der Waals surface area contributed by atoms with Crippen LogP contribution in [0.1, 0.15) is 33.6 Å². The summed E-state index contributed by atoms with van der Waals surface area (Å²) in [5.74, 6) is 0. The van der Waals surface area contributed by atoms with E-state index in [1.54, 1.807) is 11.5 Å². The van der Waals surface area contributed by atoms with E-state index in [1.165, 1.54) is 11.8 Å². The van der Waals surface area contributed by atoms with Gasteiger partial charge in [0, 0.05) is 11.8 Å². The van der Waals surface area contributed by atoms with E-state index in [-0.39, 0.29) is 10.9 Å². The average molecular weight is 269 g/mol. The van der Waals surface area contributed by atoms with Gasteiger partial charge in [-0.2, -0.15) is 5.26 Å². The van der Waals surface area contributed by atoms with Gasteiger partial charge in [0.1, 0.15) is 5.54 Å². The van der Waals surface area contributed by atoms with Crippen LogP contribution in [0.25, 0.3) is 0 Å². The first kappa shape index (κ1) is 14.8. The molecule has 0 amide bonds. The number of hydrogen-bond donors (Lipinski definition) is 2. The lowest BCUT2D eigenvalue weighted by Crippen LogP contribution is -2.36. The first-order valence-corrected chi connectivity index (χ1v) is 6.79. The molecule has 0 saturated heterocycles. The van der Waals surface area contributed by atoms with Crippen LogP contribution in [-0.2, 0) is 6.54 Å². The predicted molar refractivity (Wildman–Crippen MR) is 71.3 cm³/mol. The predicted octanol–water partition coefficient (Wildman–Crippen LogP) is 1.09. The molecule has 6 nitrogen and oxygen atoms in total. The smallest absolute Gasteiger partial charge is 0.314 e. The number of rotatable bonds is 6. The zero-order valence-electron chi connectivity index (χ0n) is 10.9. The number of hydrogen-bond acceptors (Lipinski definition) is 5. The van der Waals surface area contributed by atoms with E-state index >= 15 is 0 Å². The maximum absolute atomic E-state index is 11.5. The fourth-order valence-electron chi connectivity index (χ4n) is 1.68. The van der Waals surface area contributed by atoms with Crippen molar-refractivity contribution < 1.29 is 0 Å². The number of H-pyrrole nitrogens is 1. The molecule has 0 spiro atoms. The molecule has 0 aliphatic heterocycles. The molecule has 1 rings (SSSR count). The Morgan fingerprint density at radius 2 is 2.39 bits per heavy atom. The third-order valence-electron chi connectivity index (χ3n) is 2.44. The number of nitrogens with two attached hydrogens (primary N) is 1. The molecule has 100 valence electrons. The van der Waals surface area contributed by atoms with Gasteiger partial charge in [-0.1, -0.05) is 25.6 Å². The lowest BCUT2D eigenvalue weighted by atomic mass is 10.00. The Kier molecular flexibility index (Phi) is 4.99. The van der Waals surface area contributed by atoms with Crippen LogP contribution in [0.15, 0.2) is 9.95 Å². The second-order valence-electron chi connectivity index (χ2n) is 4.62. The summed E-state index contributed by atoms with van der Waals surface area (Å²) in [5, 5.41) is 16.1. The quantitative estimate of drug-likeness (QED) is 0.753. The second kappa shape index (κ2) is 6.07. The number of nitrogens with one attached hydrogen (secondary N) is 1. The molecule has 2 unspecified atom stereocenters. The van der Waals surface area contributed by atoms with Gasteiger partial charge >= 0.3 is 5.69 Å². The van der Waals surface area contributed by atoms with Crippen molar-refractivity contribution in [2.75, 3.05) is 0 Å². The van der Waals surface area contributed by atoms with Crippen molar-refractivity contribution in [1.82, 2.24) is 14.8 Å². The Balaban J connectivity index is 2.74. The van der Waals surface area contributed by atoms with E-state index in [9.17, 15) is 4.79 Å². The average Bonchev–Trinajstić information content (AvgIpc) is 2.61. The topological polar surface area (TPSA) is 100 Å². The standard InChI is InChI=1S/C11H19N5OS/c1-4-5-16-9(17)14-15-10(16)18-8(2)6-11(3,13)7-12/h8H,4-6,13H2,1-3H3,(H,14,17). The minimum Gasteiger partial charge on any atom is -0.314 e. The van der Waals surface area contributed by atoms with Crippen LogP contribution in [0, 0.1) is 11.3 Å². The third-order valence-corrected chi connectivity index (χ3v) is 3.54.